The largest absolute Gasteiger partial charge is 0.337 e. The lowest BCUT2D eigenvalue weighted by atomic mass is 9.99. The van der Waals surface area contributed by atoms with E-state index >= 15 is 0 Å². The average molecular weight is 417 g/mol. The molecule has 0 N–H and O–H groups in total. The molecule has 0 aliphatic carbocycles. The van der Waals surface area contributed by atoms with Crippen molar-refractivity contribution in [3.05, 3.63) is 89.5 Å². The molecule has 1 aromatic heterocycles. The molecule has 0 fully saturated rings. The second-order valence-corrected chi connectivity index (χ2v) is 8.52. The standard InChI is InChI=1S/C26H32N4O/c1-4-28(17-21-11-7-5-8-12-21)26(31)25-24-23(27-19-30(24)20(2)3)15-16-29(25)18-22-13-9-6-10-14-22/h5-14,19-20,25H,4,15-18H2,1-3H3/t25-/m1/s1. The van der Waals surface area contributed by atoms with Crippen molar-refractivity contribution in [1.29, 1.82) is 0 Å². The zero-order valence-electron chi connectivity index (χ0n) is 18.7. The molecule has 5 nitrogen and oxygen atoms in total. The topological polar surface area (TPSA) is 41.4 Å². The first-order valence-electron chi connectivity index (χ1n) is 11.2. The summed E-state index contributed by atoms with van der Waals surface area (Å²) in [6, 6.07) is 20.6. The van der Waals surface area contributed by atoms with Crippen molar-refractivity contribution in [2.75, 3.05) is 13.1 Å². The zero-order valence-corrected chi connectivity index (χ0v) is 18.7. The lowest BCUT2D eigenvalue weighted by Gasteiger charge is -2.38. The van der Waals surface area contributed by atoms with E-state index in [-0.39, 0.29) is 18.0 Å². The molecule has 1 aliphatic heterocycles. The van der Waals surface area contributed by atoms with Crippen LogP contribution >= 0.6 is 0 Å². The third-order valence-corrected chi connectivity index (χ3v) is 6.10. The zero-order chi connectivity index (χ0) is 21.8. The van der Waals surface area contributed by atoms with E-state index < -0.39 is 0 Å². The third-order valence-electron chi connectivity index (χ3n) is 6.10. The lowest BCUT2D eigenvalue weighted by molar-refractivity contribution is -0.138. The van der Waals surface area contributed by atoms with Crippen molar-refractivity contribution in [2.45, 2.75) is 52.4 Å². The first-order valence-corrected chi connectivity index (χ1v) is 11.2. The van der Waals surface area contributed by atoms with Gasteiger partial charge in [0.05, 0.1) is 17.7 Å². The maximum atomic E-state index is 14.0. The summed E-state index contributed by atoms with van der Waals surface area (Å²) in [7, 11) is 0. The fraction of sp³-hybridized carbons (Fsp3) is 0.385. The number of amides is 1. The number of likely N-dealkylation sites (N-methyl/N-ethyl adjacent to an activating group) is 1. The van der Waals surface area contributed by atoms with Gasteiger partial charge in [-0.05, 0) is 31.9 Å². The van der Waals surface area contributed by atoms with Crippen LogP contribution in [0.25, 0.3) is 0 Å². The minimum absolute atomic E-state index is 0.158. The van der Waals surface area contributed by atoms with Gasteiger partial charge in [0.25, 0.3) is 0 Å². The van der Waals surface area contributed by atoms with Crippen LogP contribution in [-0.2, 0) is 24.3 Å². The van der Waals surface area contributed by atoms with Gasteiger partial charge in [0, 0.05) is 38.6 Å². The predicted molar refractivity (Wildman–Crippen MR) is 123 cm³/mol. The van der Waals surface area contributed by atoms with Gasteiger partial charge in [-0.2, -0.15) is 0 Å². The van der Waals surface area contributed by atoms with Crippen LogP contribution in [0.2, 0.25) is 0 Å². The second kappa shape index (κ2) is 9.48. The Hall–Kier alpha value is -2.92. The Balaban J connectivity index is 1.70. The van der Waals surface area contributed by atoms with Crippen molar-refractivity contribution in [2.24, 2.45) is 0 Å². The summed E-state index contributed by atoms with van der Waals surface area (Å²) >= 11 is 0. The van der Waals surface area contributed by atoms with Gasteiger partial charge in [0.15, 0.2) is 0 Å². The molecule has 0 unspecified atom stereocenters. The van der Waals surface area contributed by atoms with E-state index in [9.17, 15) is 4.79 Å². The quantitative estimate of drug-likeness (QED) is 0.565. The van der Waals surface area contributed by atoms with Crippen molar-refractivity contribution < 1.29 is 4.79 Å². The van der Waals surface area contributed by atoms with Crippen LogP contribution in [0.15, 0.2) is 67.0 Å². The smallest absolute Gasteiger partial charge is 0.246 e. The van der Waals surface area contributed by atoms with Crippen LogP contribution in [0, 0.1) is 0 Å². The molecular weight excluding hydrogens is 384 g/mol. The van der Waals surface area contributed by atoms with E-state index in [0.717, 1.165) is 36.5 Å². The summed E-state index contributed by atoms with van der Waals surface area (Å²) in [4.78, 5) is 23.0. The number of carbonyl (C=O) groups is 1. The van der Waals surface area contributed by atoms with E-state index in [2.05, 4.69) is 71.6 Å². The molecule has 1 atom stereocenters. The molecule has 0 saturated carbocycles. The number of hydrogen-bond donors (Lipinski definition) is 0. The SMILES string of the molecule is CCN(Cc1ccccc1)C(=O)[C@H]1c2c(ncn2C(C)C)CCN1Cc1ccccc1. The lowest BCUT2D eigenvalue weighted by Crippen LogP contribution is -2.46. The molecule has 1 aliphatic rings. The van der Waals surface area contributed by atoms with Crippen LogP contribution in [0.1, 0.15) is 55.4 Å². The highest BCUT2D eigenvalue weighted by Gasteiger charge is 2.38. The van der Waals surface area contributed by atoms with Crippen LogP contribution in [0.5, 0.6) is 0 Å². The molecule has 5 heteroatoms. The molecule has 0 saturated heterocycles. The Morgan fingerprint density at radius 3 is 2.32 bits per heavy atom. The second-order valence-electron chi connectivity index (χ2n) is 8.52. The van der Waals surface area contributed by atoms with Crippen LogP contribution < -0.4 is 0 Å². The van der Waals surface area contributed by atoms with Gasteiger partial charge in [-0.3, -0.25) is 9.69 Å². The van der Waals surface area contributed by atoms with E-state index in [4.69, 9.17) is 0 Å². The summed E-state index contributed by atoms with van der Waals surface area (Å²) < 4.78 is 2.19. The van der Waals surface area contributed by atoms with Crippen molar-refractivity contribution >= 4 is 5.91 Å². The van der Waals surface area contributed by atoms with Crippen LogP contribution in [0.3, 0.4) is 0 Å². The van der Waals surface area contributed by atoms with Crippen LogP contribution in [-0.4, -0.2) is 38.3 Å². The third kappa shape index (κ3) is 4.57. The molecule has 3 aromatic rings. The highest BCUT2D eigenvalue weighted by Crippen LogP contribution is 2.34. The number of nitrogens with zero attached hydrogens (tertiary/aromatic N) is 4. The molecular formula is C26H32N4O. The minimum Gasteiger partial charge on any atom is -0.337 e. The van der Waals surface area contributed by atoms with Gasteiger partial charge in [-0.25, -0.2) is 4.98 Å². The summed E-state index contributed by atoms with van der Waals surface area (Å²) in [5, 5.41) is 0. The molecule has 31 heavy (non-hydrogen) atoms. The molecule has 0 spiro atoms. The molecule has 0 radical (unpaired) electrons. The fourth-order valence-electron chi connectivity index (χ4n) is 4.45. The van der Waals surface area contributed by atoms with Crippen molar-refractivity contribution in [1.82, 2.24) is 19.4 Å². The number of hydrogen-bond acceptors (Lipinski definition) is 3. The van der Waals surface area contributed by atoms with Crippen molar-refractivity contribution in [3.63, 3.8) is 0 Å². The number of benzene rings is 2. The van der Waals surface area contributed by atoms with Gasteiger partial charge in [0.1, 0.15) is 6.04 Å². The van der Waals surface area contributed by atoms with Gasteiger partial charge in [0.2, 0.25) is 5.91 Å². The van der Waals surface area contributed by atoms with Gasteiger partial charge in [-0.1, -0.05) is 60.7 Å². The Kier molecular flexibility index (Phi) is 6.52. The molecule has 162 valence electrons. The van der Waals surface area contributed by atoms with Gasteiger partial charge < -0.3 is 9.47 Å². The van der Waals surface area contributed by atoms with Crippen molar-refractivity contribution in [3.8, 4) is 0 Å². The Morgan fingerprint density at radius 1 is 1.06 bits per heavy atom. The van der Waals surface area contributed by atoms with Crippen LogP contribution in [0.4, 0.5) is 0 Å². The molecule has 2 aromatic carbocycles. The van der Waals surface area contributed by atoms with E-state index in [0.29, 0.717) is 13.1 Å². The summed E-state index contributed by atoms with van der Waals surface area (Å²) in [5.41, 5.74) is 4.51. The monoisotopic (exact) mass is 416 g/mol. The molecule has 2 heterocycles. The summed E-state index contributed by atoms with van der Waals surface area (Å²) in [5.74, 6) is 0.158. The summed E-state index contributed by atoms with van der Waals surface area (Å²) in [6.07, 6.45) is 2.78. The highest BCUT2D eigenvalue weighted by molar-refractivity contribution is 5.83. The number of aromatic nitrogens is 2. The molecule has 4 rings (SSSR count). The first-order chi connectivity index (χ1) is 15.1. The molecule has 1 amide bonds. The maximum Gasteiger partial charge on any atom is 0.246 e. The number of imidazole rings is 1. The fourth-order valence-corrected chi connectivity index (χ4v) is 4.45. The first kappa shape index (κ1) is 21.3. The van der Waals surface area contributed by atoms with Gasteiger partial charge >= 0.3 is 0 Å². The number of fused-ring (bicyclic) bond motifs is 1. The van der Waals surface area contributed by atoms with E-state index in [1.165, 1.54) is 5.56 Å². The number of carbonyl (C=O) groups excluding carboxylic acids is 1. The summed E-state index contributed by atoms with van der Waals surface area (Å²) in [6.45, 7) is 9.25. The normalized spacial score (nSPS) is 16.3. The molecule has 0 bridgehead atoms. The van der Waals surface area contributed by atoms with Gasteiger partial charge in [-0.15, -0.1) is 0 Å². The minimum atomic E-state index is -0.322. The van der Waals surface area contributed by atoms with E-state index in [1.54, 1.807) is 0 Å². The number of rotatable bonds is 7. The predicted octanol–water partition coefficient (Wildman–Crippen LogP) is 4.61. The highest BCUT2D eigenvalue weighted by atomic mass is 16.2. The van der Waals surface area contributed by atoms with E-state index in [1.807, 2.05) is 35.5 Å². The Bertz CT molecular complexity index is 997. The average Bonchev–Trinajstić information content (AvgIpc) is 3.23. The Morgan fingerprint density at radius 2 is 1.71 bits per heavy atom. The maximum absolute atomic E-state index is 14.0. The Labute approximate surface area is 185 Å².